The van der Waals surface area contributed by atoms with Crippen LogP contribution in [-0.2, 0) is 0 Å². The van der Waals surface area contributed by atoms with E-state index < -0.39 is 0 Å². The van der Waals surface area contributed by atoms with Gasteiger partial charge in [0.1, 0.15) is 5.69 Å². The van der Waals surface area contributed by atoms with E-state index >= 15 is 0 Å². The van der Waals surface area contributed by atoms with E-state index in [9.17, 15) is 0 Å². The lowest BCUT2D eigenvalue weighted by atomic mass is 9.91. The highest BCUT2D eigenvalue weighted by atomic mass is 16.5. The van der Waals surface area contributed by atoms with E-state index in [1.165, 1.54) is 51.7 Å². The number of hydrogen-bond donors (Lipinski definition) is 2. The van der Waals surface area contributed by atoms with Crippen molar-refractivity contribution in [2.75, 3.05) is 55.4 Å². The van der Waals surface area contributed by atoms with Crippen LogP contribution in [0.5, 0.6) is 6.01 Å². The molecule has 1 aromatic rings. The molecule has 3 N–H and O–H groups in total. The third-order valence-corrected chi connectivity index (χ3v) is 5.82. The normalized spacial score (nSPS) is 17.8. The van der Waals surface area contributed by atoms with Crippen LogP contribution in [0.25, 0.3) is 0 Å². The van der Waals surface area contributed by atoms with Crippen molar-refractivity contribution in [3.63, 3.8) is 0 Å². The molecule has 0 unspecified atom stereocenters. The van der Waals surface area contributed by atoms with Crippen molar-refractivity contribution >= 4 is 17.3 Å². The summed E-state index contributed by atoms with van der Waals surface area (Å²) < 4.78 is 5.66. The van der Waals surface area contributed by atoms with E-state index in [2.05, 4.69) is 38.9 Å². The molecule has 0 atom stereocenters. The minimum Gasteiger partial charge on any atom is -0.463 e. The smallest absolute Gasteiger partial charge is 0.320 e. The Kier molecular flexibility index (Phi) is 7.38. The van der Waals surface area contributed by atoms with E-state index in [1.54, 1.807) is 0 Å². The summed E-state index contributed by atoms with van der Waals surface area (Å²) in [6.07, 6.45) is 8.64. The van der Waals surface area contributed by atoms with Crippen LogP contribution >= 0.6 is 0 Å². The topological polar surface area (TPSA) is 79.5 Å². The molecule has 3 rings (SSSR count). The van der Waals surface area contributed by atoms with Gasteiger partial charge in [-0.2, -0.15) is 9.97 Å². The SMILES string of the molecule is CCCCOc1nc(N)c2c(n1)N(CCCCC1CCN(CC)CC1)CN2. The molecule has 2 aliphatic rings. The summed E-state index contributed by atoms with van der Waals surface area (Å²) in [7, 11) is 0. The maximum absolute atomic E-state index is 6.09. The Balaban J connectivity index is 1.44. The molecular formula is C20H36N6O. The van der Waals surface area contributed by atoms with E-state index in [1.807, 2.05) is 0 Å². The van der Waals surface area contributed by atoms with Gasteiger partial charge in [-0.25, -0.2) is 0 Å². The number of fused-ring (bicyclic) bond motifs is 1. The number of nitrogens with zero attached hydrogens (tertiary/aromatic N) is 4. The molecule has 27 heavy (non-hydrogen) atoms. The predicted molar refractivity (Wildman–Crippen MR) is 111 cm³/mol. The standard InChI is InChI=1S/C20H36N6O/c1-3-5-14-27-20-23-18(21)17-19(24-20)26(15-22-17)11-7-6-8-16-9-12-25(4-2)13-10-16/h16,22H,3-15H2,1-2H3,(H2,21,23,24). The number of anilines is 3. The second kappa shape index (κ2) is 9.97. The largest absolute Gasteiger partial charge is 0.463 e. The van der Waals surface area contributed by atoms with Gasteiger partial charge in [0.25, 0.3) is 0 Å². The highest BCUT2D eigenvalue weighted by Crippen LogP contribution is 2.35. The maximum Gasteiger partial charge on any atom is 0.320 e. The van der Waals surface area contributed by atoms with Gasteiger partial charge in [0, 0.05) is 6.54 Å². The number of hydrogen-bond acceptors (Lipinski definition) is 7. The van der Waals surface area contributed by atoms with E-state index in [-0.39, 0.29) is 0 Å². The lowest BCUT2D eigenvalue weighted by Crippen LogP contribution is -2.33. The van der Waals surface area contributed by atoms with Gasteiger partial charge in [0.15, 0.2) is 11.6 Å². The van der Waals surface area contributed by atoms with Crippen molar-refractivity contribution in [3.05, 3.63) is 0 Å². The Labute approximate surface area is 163 Å². The third-order valence-electron chi connectivity index (χ3n) is 5.82. The maximum atomic E-state index is 6.09. The minimum absolute atomic E-state index is 0.399. The van der Waals surface area contributed by atoms with Crippen molar-refractivity contribution in [1.29, 1.82) is 0 Å². The van der Waals surface area contributed by atoms with Crippen molar-refractivity contribution in [3.8, 4) is 6.01 Å². The lowest BCUT2D eigenvalue weighted by molar-refractivity contribution is 0.185. The Bertz CT molecular complexity index is 588. The van der Waals surface area contributed by atoms with Crippen LogP contribution in [0, 0.1) is 5.92 Å². The van der Waals surface area contributed by atoms with Crippen molar-refractivity contribution in [2.45, 2.75) is 58.8 Å². The van der Waals surface area contributed by atoms with Crippen LogP contribution in [0.2, 0.25) is 0 Å². The quantitative estimate of drug-likeness (QED) is 0.606. The first-order valence-corrected chi connectivity index (χ1v) is 10.7. The average molecular weight is 377 g/mol. The van der Waals surface area contributed by atoms with Gasteiger partial charge in [-0.15, -0.1) is 0 Å². The molecule has 0 spiro atoms. The number of ether oxygens (including phenoxy) is 1. The number of unbranched alkanes of at least 4 members (excludes halogenated alkanes) is 2. The third kappa shape index (κ3) is 5.37. The summed E-state index contributed by atoms with van der Waals surface area (Å²) in [6, 6.07) is 0.399. The molecular weight excluding hydrogens is 340 g/mol. The molecule has 3 heterocycles. The highest BCUT2D eigenvalue weighted by molar-refractivity contribution is 5.80. The molecule has 7 heteroatoms. The first-order valence-electron chi connectivity index (χ1n) is 10.7. The minimum atomic E-state index is 0.399. The zero-order chi connectivity index (χ0) is 19.1. The Morgan fingerprint density at radius 2 is 1.96 bits per heavy atom. The second-order valence-corrected chi connectivity index (χ2v) is 7.76. The monoisotopic (exact) mass is 376 g/mol. The lowest BCUT2D eigenvalue weighted by Gasteiger charge is -2.31. The van der Waals surface area contributed by atoms with Crippen LogP contribution < -0.4 is 20.7 Å². The molecule has 1 saturated heterocycles. The first kappa shape index (κ1) is 20.0. The molecule has 2 aliphatic heterocycles. The first-order chi connectivity index (χ1) is 13.2. The molecule has 1 fully saturated rings. The van der Waals surface area contributed by atoms with Crippen LogP contribution in [0.3, 0.4) is 0 Å². The fraction of sp³-hybridized carbons (Fsp3) is 0.800. The molecule has 152 valence electrons. The summed E-state index contributed by atoms with van der Waals surface area (Å²) in [4.78, 5) is 13.7. The van der Waals surface area contributed by atoms with Crippen molar-refractivity contribution in [2.24, 2.45) is 5.92 Å². The van der Waals surface area contributed by atoms with Crippen molar-refractivity contribution in [1.82, 2.24) is 14.9 Å². The molecule has 0 aliphatic carbocycles. The number of nitrogen functional groups attached to an aromatic ring is 1. The van der Waals surface area contributed by atoms with Gasteiger partial charge < -0.3 is 25.6 Å². The molecule has 0 amide bonds. The van der Waals surface area contributed by atoms with Crippen LogP contribution in [0.15, 0.2) is 0 Å². The van der Waals surface area contributed by atoms with Gasteiger partial charge in [-0.3, -0.25) is 0 Å². The zero-order valence-corrected chi connectivity index (χ0v) is 17.0. The van der Waals surface area contributed by atoms with E-state index in [0.29, 0.717) is 18.4 Å². The predicted octanol–water partition coefficient (Wildman–Crippen LogP) is 3.33. The molecule has 0 bridgehead atoms. The summed E-state index contributed by atoms with van der Waals surface area (Å²) in [5.74, 6) is 2.29. The van der Waals surface area contributed by atoms with Gasteiger partial charge in [-0.05, 0) is 51.2 Å². The molecule has 0 aromatic carbocycles. The van der Waals surface area contributed by atoms with Crippen molar-refractivity contribution < 1.29 is 4.74 Å². The van der Waals surface area contributed by atoms with E-state index in [4.69, 9.17) is 10.5 Å². The number of piperidine rings is 1. The fourth-order valence-corrected chi connectivity index (χ4v) is 3.98. The number of aromatic nitrogens is 2. The second-order valence-electron chi connectivity index (χ2n) is 7.76. The average Bonchev–Trinajstić information content (AvgIpc) is 3.09. The molecule has 0 saturated carbocycles. The Morgan fingerprint density at radius 3 is 2.70 bits per heavy atom. The molecule has 1 aromatic heterocycles. The molecule has 0 radical (unpaired) electrons. The number of likely N-dealkylation sites (tertiary alicyclic amines) is 1. The van der Waals surface area contributed by atoms with Crippen LogP contribution in [-0.4, -0.2) is 54.3 Å². The number of nitrogens with one attached hydrogen (secondary N) is 1. The van der Waals surface area contributed by atoms with Gasteiger partial charge in [0.2, 0.25) is 0 Å². The highest BCUT2D eigenvalue weighted by Gasteiger charge is 2.25. The van der Waals surface area contributed by atoms with E-state index in [0.717, 1.165) is 43.5 Å². The zero-order valence-electron chi connectivity index (χ0n) is 17.0. The summed E-state index contributed by atoms with van der Waals surface area (Å²) >= 11 is 0. The van der Waals surface area contributed by atoms with Gasteiger partial charge >= 0.3 is 6.01 Å². The Morgan fingerprint density at radius 1 is 1.15 bits per heavy atom. The Hall–Kier alpha value is -1.76. The van der Waals surface area contributed by atoms with Crippen LogP contribution in [0.1, 0.15) is 58.8 Å². The fourth-order valence-electron chi connectivity index (χ4n) is 3.98. The number of rotatable bonds is 10. The van der Waals surface area contributed by atoms with Gasteiger partial charge in [-0.1, -0.05) is 33.1 Å². The summed E-state index contributed by atoms with van der Waals surface area (Å²) in [5.41, 5.74) is 6.94. The number of nitrogens with two attached hydrogens (primary N) is 1. The summed E-state index contributed by atoms with van der Waals surface area (Å²) in [5, 5.41) is 3.33. The molecule has 7 nitrogen and oxygen atoms in total. The summed E-state index contributed by atoms with van der Waals surface area (Å²) in [6.45, 7) is 10.5. The van der Waals surface area contributed by atoms with Crippen LogP contribution in [0.4, 0.5) is 17.3 Å². The van der Waals surface area contributed by atoms with Gasteiger partial charge in [0.05, 0.1) is 13.3 Å².